The lowest BCUT2D eigenvalue weighted by molar-refractivity contribution is -0.123. The number of nitrogens with zero attached hydrogens (tertiary/aromatic N) is 2. The molecule has 0 fully saturated rings. The standard InChI is InChI=1S/C32H38N4O4S/c1-5-23(6-2)36-27-11-10-22(16-25(27)34-30(36)17-24-8-7-13-41-24)31(37)35-26(14-20(3)4)32(38)33-18-21-9-12-28-29(15-21)40-19-39-28/h7-13,15-16,20,23,26H,5-6,14,17-19H2,1-4H3,(H,33,38)(H,35,37). The number of aromatic nitrogens is 2. The Bertz CT molecular complexity index is 1510. The van der Waals surface area contributed by atoms with Gasteiger partial charge in [-0.1, -0.05) is 39.8 Å². The third kappa shape index (κ3) is 6.56. The van der Waals surface area contributed by atoms with Gasteiger partial charge in [0, 0.05) is 29.4 Å². The maximum Gasteiger partial charge on any atom is 0.252 e. The van der Waals surface area contributed by atoms with E-state index in [-0.39, 0.29) is 24.5 Å². The molecule has 4 aromatic rings. The van der Waals surface area contributed by atoms with E-state index in [1.54, 1.807) is 11.3 Å². The molecular formula is C32H38N4O4S. The zero-order valence-corrected chi connectivity index (χ0v) is 24.9. The van der Waals surface area contributed by atoms with Gasteiger partial charge < -0.3 is 24.7 Å². The molecule has 2 aromatic carbocycles. The van der Waals surface area contributed by atoms with Crippen LogP contribution in [0.3, 0.4) is 0 Å². The molecule has 1 atom stereocenters. The molecule has 1 unspecified atom stereocenters. The third-order valence-corrected chi connectivity index (χ3v) is 8.35. The summed E-state index contributed by atoms with van der Waals surface area (Å²) in [7, 11) is 0. The molecule has 3 heterocycles. The van der Waals surface area contributed by atoms with Crippen molar-refractivity contribution in [3.05, 3.63) is 75.7 Å². The second-order valence-electron chi connectivity index (χ2n) is 10.9. The van der Waals surface area contributed by atoms with Crippen LogP contribution >= 0.6 is 11.3 Å². The van der Waals surface area contributed by atoms with Crippen LogP contribution in [-0.2, 0) is 17.8 Å². The summed E-state index contributed by atoms with van der Waals surface area (Å²) in [5.41, 5.74) is 3.21. The van der Waals surface area contributed by atoms with Gasteiger partial charge in [0.2, 0.25) is 12.7 Å². The van der Waals surface area contributed by atoms with Gasteiger partial charge in [-0.2, -0.15) is 0 Å². The van der Waals surface area contributed by atoms with Crippen LogP contribution < -0.4 is 20.1 Å². The smallest absolute Gasteiger partial charge is 0.252 e. The van der Waals surface area contributed by atoms with Gasteiger partial charge in [-0.25, -0.2) is 4.98 Å². The highest BCUT2D eigenvalue weighted by molar-refractivity contribution is 7.09. The Morgan fingerprint density at radius 2 is 1.85 bits per heavy atom. The van der Waals surface area contributed by atoms with E-state index in [4.69, 9.17) is 14.5 Å². The van der Waals surface area contributed by atoms with Crippen molar-refractivity contribution in [1.29, 1.82) is 0 Å². The molecule has 0 bridgehead atoms. The lowest BCUT2D eigenvalue weighted by atomic mass is 10.0. The zero-order chi connectivity index (χ0) is 28.9. The number of hydrogen-bond acceptors (Lipinski definition) is 6. The highest BCUT2D eigenvalue weighted by Crippen LogP contribution is 2.32. The van der Waals surface area contributed by atoms with E-state index < -0.39 is 6.04 Å². The van der Waals surface area contributed by atoms with Crippen LogP contribution in [0, 0.1) is 5.92 Å². The van der Waals surface area contributed by atoms with Crippen molar-refractivity contribution in [3.8, 4) is 11.5 Å². The predicted molar refractivity (Wildman–Crippen MR) is 162 cm³/mol. The summed E-state index contributed by atoms with van der Waals surface area (Å²) in [6.07, 6.45) is 3.28. The monoisotopic (exact) mass is 574 g/mol. The van der Waals surface area contributed by atoms with Crippen molar-refractivity contribution in [2.75, 3.05) is 6.79 Å². The van der Waals surface area contributed by atoms with Gasteiger partial charge in [-0.3, -0.25) is 9.59 Å². The molecule has 0 saturated heterocycles. The molecule has 0 radical (unpaired) electrons. The maximum atomic E-state index is 13.4. The molecular weight excluding hydrogens is 536 g/mol. The number of fused-ring (bicyclic) bond motifs is 2. The summed E-state index contributed by atoms with van der Waals surface area (Å²) in [5, 5.41) is 8.04. The number of thiophene rings is 1. The van der Waals surface area contributed by atoms with E-state index in [9.17, 15) is 9.59 Å². The fourth-order valence-corrected chi connectivity index (χ4v) is 6.05. The Morgan fingerprint density at radius 1 is 1.05 bits per heavy atom. The van der Waals surface area contributed by atoms with Crippen molar-refractivity contribution in [3.63, 3.8) is 0 Å². The van der Waals surface area contributed by atoms with Gasteiger partial charge in [0.05, 0.1) is 11.0 Å². The minimum Gasteiger partial charge on any atom is -0.454 e. The van der Waals surface area contributed by atoms with Crippen LogP contribution in [0.5, 0.6) is 11.5 Å². The van der Waals surface area contributed by atoms with Gasteiger partial charge in [0.25, 0.3) is 5.91 Å². The highest BCUT2D eigenvalue weighted by atomic mass is 32.1. The fourth-order valence-electron chi connectivity index (χ4n) is 5.35. The SMILES string of the molecule is CCC(CC)n1c(Cc2cccs2)nc2cc(C(=O)NC(CC(C)C)C(=O)NCc3ccc4c(c3)OCO4)ccc21. The number of nitrogens with one attached hydrogen (secondary N) is 2. The first-order valence-corrected chi connectivity index (χ1v) is 15.2. The van der Waals surface area contributed by atoms with Gasteiger partial charge in [0.15, 0.2) is 11.5 Å². The number of ether oxygens (including phenoxy) is 2. The average Bonchev–Trinajstić information content (AvgIpc) is 3.72. The van der Waals surface area contributed by atoms with Gasteiger partial charge in [0.1, 0.15) is 11.9 Å². The highest BCUT2D eigenvalue weighted by Gasteiger charge is 2.24. The van der Waals surface area contributed by atoms with Crippen molar-refractivity contribution >= 4 is 34.2 Å². The Morgan fingerprint density at radius 3 is 2.59 bits per heavy atom. The molecule has 0 saturated carbocycles. The van der Waals surface area contributed by atoms with Gasteiger partial charge in [-0.15, -0.1) is 11.3 Å². The summed E-state index contributed by atoms with van der Waals surface area (Å²) in [4.78, 5) is 32.9. The lowest BCUT2D eigenvalue weighted by Crippen LogP contribution is -2.47. The second kappa shape index (κ2) is 12.8. The van der Waals surface area contributed by atoms with Crippen LogP contribution in [0.1, 0.15) is 79.6 Å². The van der Waals surface area contributed by atoms with E-state index in [1.165, 1.54) is 4.88 Å². The summed E-state index contributed by atoms with van der Waals surface area (Å²) < 4.78 is 13.1. The molecule has 8 nitrogen and oxygen atoms in total. The third-order valence-electron chi connectivity index (χ3n) is 7.48. The van der Waals surface area contributed by atoms with Crippen molar-refractivity contribution in [2.24, 2.45) is 5.92 Å². The molecule has 5 rings (SSSR count). The Balaban J connectivity index is 1.33. The van der Waals surface area contributed by atoms with E-state index in [0.29, 0.717) is 36.1 Å². The normalized spacial score (nSPS) is 13.2. The fraction of sp³-hybridized carbons (Fsp3) is 0.406. The molecule has 2 aromatic heterocycles. The Hall–Kier alpha value is -3.85. The number of carbonyl (C=O) groups excluding carboxylic acids is 2. The molecule has 2 amide bonds. The number of amides is 2. The summed E-state index contributed by atoms with van der Waals surface area (Å²) in [6.45, 7) is 9.00. The molecule has 0 spiro atoms. The van der Waals surface area contributed by atoms with Crippen LogP contribution in [0.4, 0.5) is 0 Å². The number of imidazole rings is 1. The van der Waals surface area contributed by atoms with Crippen LogP contribution in [-0.4, -0.2) is 34.2 Å². The number of benzene rings is 2. The molecule has 41 heavy (non-hydrogen) atoms. The zero-order valence-electron chi connectivity index (χ0n) is 24.1. The minimum atomic E-state index is -0.663. The minimum absolute atomic E-state index is 0.202. The molecule has 9 heteroatoms. The number of carbonyl (C=O) groups is 2. The Labute approximate surface area is 245 Å². The predicted octanol–water partition coefficient (Wildman–Crippen LogP) is 6.24. The largest absolute Gasteiger partial charge is 0.454 e. The van der Waals surface area contributed by atoms with Crippen molar-refractivity contribution < 1.29 is 19.1 Å². The van der Waals surface area contributed by atoms with E-state index in [2.05, 4.69) is 46.6 Å². The van der Waals surface area contributed by atoms with E-state index >= 15 is 0 Å². The molecule has 0 aliphatic carbocycles. The first-order chi connectivity index (χ1) is 19.9. The van der Waals surface area contributed by atoms with Crippen molar-refractivity contribution in [1.82, 2.24) is 20.2 Å². The molecule has 1 aliphatic rings. The maximum absolute atomic E-state index is 13.4. The average molecular weight is 575 g/mol. The van der Waals surface area contributed by atoms with Gasteiger partial charge >= 0.3 is 0 Å². The first-order valence-electron chi connectivity index (χ1n) is 14.4. The summed E-state index contributed by atoms with van der Waals surface area (Å²) in [6, 6.07) is 15.1. The Kier molecular flexibility index (Phi) is 8.93. The second-order valence-corrected chi connectivity index (χ2v) is 11.9. The molecule has 1 aliphatic heterocycles. The number of hydrogen-bond donors (Lipinski definition) is 2. The molecule has 216 valence electrons. The van der Waals surface area contributed by atoms with Crippen molar-refractivity contribution in [2.45, 2.75) is 72.0 Å². The van der Waals surface area contributed by atoms with Gasteiger partial charge in [-0.05, 0) is 72.5 Å². The van der Waals surface area contributed by atoms with Crippen LogP contribution in [0.25, 0.3) is 11.0 Å². The topological polar surface area (TPSA) is 94.5 Å². The lowest BCUT2D eigenvalue weighted by Gasteiger charge is -2.21. The molecule has 2 N–H and O–H groups in total. The van der Waals surface area contributed by atoms with Crippen LogP contribution in [0.2, 0.25) is 0 Å². The van der Waals surface area contributed by atoms with E-state index in [1.807, 2.05) is 50.2 Å². The first kappa shape index (κ1) is 28.7. The summed E-state index contributed by atoms with van der Waals surface area (Å²) in [5.74, 6) is 2.09. The van der Waals surface area contributed by atoms with Crippen LogP contribution in [0.15, 0.2) is 53.9 Å². The van der Waals surface area contributed by atoms with E-state index in [0.717, 1.165) is 41.7 Å². The number of rotatable bonds is 12. The quantitative estimate of drug-likeness (QED) is 0.209. The summed E-state index contributed by atoms with van der Waals surface area (Å²) >= 11 is 1.73.